The van der Waals surface area contributed by atoms with E-state index < -0.39 is 0 Å². The van der Waals surface area contributed by atoms with E-state index in [1.54, 1.807) is 6.07 Å². The summed E-state index contributed by atoms with van der Waals surface area (Å²) >= 11 is 5.43. The van der Waals surface area contributed by atoms with E-state index in [0.717, 1.165) is 0 Å². The number of hydrogen-bond donors (Lipinski definition) is 1. The number of nitrogens with zero attached hydrogens (tertiary/aromatic N) is 2. The third-order valence-corrected chi connectivity index (χ3v) is 0.889. The molecule has 0 amide bonds. The van der Waals surface area contributed by atoms with Crippen molar-refractivity contribution in [3.63, 3.8) is 0 Å². The van der Waals surface area contributed by atoms with Crippen LogP contribution in [-0.4, -0.2) is 16.9 Å². The van der Waals surface area contributed by atoms with Gasteiger partial charge >= 0.3 is 0 Å². The van der Waals surface area contributed by atoms with Crippen molar-refractivity contribution in [1.29, 1.82) is 0 Å². The number of H-pyrrole nitrogens is 1. The van der Waals surface area contributed by atoms with E-state index in [0.29, 0.717) is 11.0 Å². The van der Waals surface area contributed by atoms with Crippen molar-refractivity contribution in [3.05, 3.63) is 11.2 Å². The maximum absolute atomic E-state index is 5.43. The van der Waals surface area contributed by atoms with Gasteiger partial charge in [0.25, 0.3) is 0 Å². The standard InChI is InChI=1S/C4H4ClN3/c1-6-4-2-3(5)7-8-4/h2H,1H2,(H,7,8). The van der Waals surface area contributed by atoms with Crippen molar-refractivity contribution >= 4 is 24.1 Å². The minimum absolute atomic E-state index is 0.479. The predicted molar refractivity (Wildman–Crippen MR) is 32.8 cm³/mol. The lowest BCUT2D eigenvalue weighted by molar-refractivity contribution is 1.08. The van der Waals surface area contributed by atoms with Crippen LogP contribution in [-0.2, 0) is 0 Å². The summed E-state index contributed by atoms with van der Waals surface area (Å²) in [5.41, 5.74) is 0. The Hall–Kier alpha value is -0.830. The molecular formula is C4H4ClN3. The second-order valence-corrected chi connectivity index (χ2v) is 1.64. The van der Waals surface area contributed by atoms with Crippen LogP contribution in [0.3, 0.4) is 0 Å². The van der Waals surface area contributed by atoms with Gasteiger partial charge in [-0.15, -0.1) is 0 Å². The highest BCUT2D eigenvalue weighted by molar-refractivity contribution is 6.29. The van der Waals surface area contributed by atoms with Gasteiger partial charge in [0.15, 0.2) is 5.82 Å². The number of hydrogen-bond acceptors (Lipinski definition) is 2. The Labute approximate surface area is 51.4 Å². The summed E-state index contributed by atoms with van der Waals surface area (Å²) in [4.78, 5) is 3.51. The molecular weight excluding hydrogens is 126 g/mol. The molecule has 0 fully saturated rings. The van der Waals surface area contributed by atoms with Crippen LogP contribution in [0.15, 0.2) is 11.1 Å². The van der Waals surface area contributed by atoms with Gasteiger partial charge in [-0.3, -0.25) is 5.10 Å². The van der Waals surface area contributed by atoms with E-state index in [1.165, 1.54) is 0 Å². The van der Waals surface area contributed by atoms with E-state index in [4.69, 9.17) is 11.6 Å². The van der Waals surface area contributed by atoms with Crippen molar-refractivity contribution in [3.8, 4) is 0 Å². The lowest BCUT2D eigenvalue weighted by atomic mass is 10.7. The van der Waals surface area contributed by atoms with Crippen molar-refractivity contribution in [1.82, 2.24) is 10.2 Å². The molecule has 8 heavy (non-hydrogen) atoms. The Morgan fingerprint density at radius 1 is 1.88 bits per heavy atom. The quantitative estimate of drug-likeness (QED) is 0.572. The Kier molecular flexibility index (Phi) is 1.30. The van der Waals surface area contributed by atoms with Crippen molar-refractivity contribution in [2.24, 2.45) is 4.99 Å². The number of aromatic amines is 1. The van der Waals surface area contributed by atoms with E-state index in [9.17, 15) is 0 Å². The maximum Gasteiger partial charge on any atom is 0.174 e. The monoisotopic (exact) mass is 129 g/mol. The summed E-state index contributed by atoms with van der Waals surface area (Å²) < 4.78 is 0. The molecule has 0 atom stereocenters. The Morgan fingerprint density at radius 3 is 2.88 bits per heavy atom. The molecule has 0 aliphatic carbocycles. The normalized spacial score (nSPS) is 9.12. The summed E-state index contributed by atoms with van der Waals surface area (Å²) in [6.07, 6.45) is 0. The van der Waals surface area contributed by atoms with Gasteiger partial charge in [-0.1, -0.05) is 11.6 Å². The van der Waals surface area contributed by atoms with Crippen LogP contribution < -0.4 is 0 Å². The van der Waals surface area contributed by atoms with Gasteiger partial charge in [-0.25, -0.2) is 4.99 Å². The number of aromatic nitrogens is 2. The molecule has 0 aliphatic heterocycles. The van der Waals surface area contributed by atoms with Crippen molar-refractivity contribution in [2.45, 2.75) is 0 Å². The van der Waals surface area contributed by atoms with E-state index in [-0.39, 0.29) is 0 Å². The van der Waals surface area contributed by atoms with Crippen LogP contribution in [0.2, 0.25) is 5.15 Å². The number of aliphatic imine (C=N–C) groups is 1. The maximum atomic E-state index is 5.43. The first-order chi connectivity index (χ1) is 3.83. The van der Waals surface area contributed by atoms with Gasteiger partial charge in [0.1, 0.15) is 5.15 Å². The topological polar surface area (TPSA) is 41.0 Å². The van der Waals surface area contributed by atoms with Crippen molar-refractivity contribution < 1.29 is 0 Å². The molecule has 0 saturated heterocycles. The molecule has 0 spiro atoms. The van der Waals surface area contributed by atoms with Gasteiger partial charge in [-0.05, 0) is 6.72 Å². The fourth-order valence-electron chi connectivity index (χ4n) is 0.370. The van der Waals surface area contributed by atoms with Crippen LogP contribution in [0, 0.1) is 0 Å². The predicted octanol–water partition coefficient (Wildman–Crippen LogP) is 1.40. The van der Waals surface area contributed by atoms with Crippen LogP contribution >= 0.6 is 11.6 Å². The first-order valence-corrected chi connectivity index (χ1v) is 2.38. The first kappa shape index (κ1) is 5.31. The Morgan fingerprint density at radius 2 is 2.62 bits per heavy atom. The SMILES string of the molecule is C=Nc1cc(Cl)[nH]n1. The van der Waals surface area contributed by atoms with Crippen LogP contribution in [0.5, 0.6) is 0 Å². The van der Waals surface area contributed by atoms with Gasteiger partial charge < -0.3 is 0 Å². The van der Waals surface area contributed by atoms with E-state index in [2.05, 4.69) is 21.9 Å². The summed E-state index contributed by atoms with van der Waals surface area (Å²) in [6, 6.07) is 1.59. The number of halogens is 1. The van der Waals surface area contributed by atoms with Crippen LogP contribution in [0.1, 0.15) is 0 Å². The summed E-state index contributed by atoms with van der Waals surface area (Å²) in [7, 11) is 0. The first-order valence-electron chi connectivity index (χ1n) is 2.00. The minimum Gasteiger partial charge on any atom is -0.265 e. The lowest BCUT2D eigenvalue weighted by Gasteiger charge is -1.70. The van der Waals surface area contributed by atoms with Gasteiger partial charge in [0.2, 0.25) is 0 Å². The summed E-state index contributed by atoms with van der Waals surface area (Å²) in [6.45, 7) is 3.25. The molecule has 0 radical (unpaired) electrons. The average molecular weight is 130 g/mol. The molecule has 0 aliphatic rings. The molecule has 1 aromatic rings. The molecule has 1 aromatic heterocycles. The molecule has 3 nitrogen and oxygen atoms in total. The lowest BCUT2D eigenvalue weighted by Crippen LogP contribution is -1.62. The number of rotatable bonds is 1. The minimum atomic E-state index is 0.479. The third kappa shape index (κ3) is 0.869. The van der Waals surface area contributed by atoms with Gasteiger partial charge in [0, 0.05) is 6.07 Å². The largest absolute Gasteiger partial charge is 0.265 e. The highest BCUT2D eigenvalue weighted by Crippen LogP contribution is 2.11. The molecule has 1 heterocycles. The fraction of sp³-hybridized carbons (Fsp3) is 0. The molecule has 1 N–H and O–H groups in total. The zero-order valence-electron chi connectivity index (χ0n) is 4.06. The van der Waals surface area contributed by atoms with Gasteiger partial charge in [-0.2, -0.15) is 5.10 Å². The molecule has 4 heteroatoms. The zero-order valence-corrected chi connectivity index (χ0v) is 4.81. The molecule has 0 bridgehead atoms. The van der Waals surface area contributed by atoms with Crippen LogP contribution in [0.25, 0.3) is 0 Å². The van der Waals surface area contributed by atoms with E-state index >= 15 is 0 Å². The molecule has 0 unspecified atom stereocenters. The smallest absolute Gasteiger partial charge is 0.174 e. The Balaban J connectivity index is 3.00. The second-order valence-electron chi connectivity index (χ2n) is 1.23. The zero-order chi connectivity index (χ0) is 5.98. The van der Waals surface area contributed by atoms with Crippen molar-refractivity contribution in [2.75, 3.05) is 0 Å². The summed E-state index contributed by atoms with van der Waals surface area (Å²) in [5, 5.41) is 6.63. The molecule has 0 aromatic carbocycles. The second kappa shape index (κ2) is 1.96. The average Bonchev–Trinajstić information content (AvgIpc) is 2.14. The van der Waals surface area contributed by atoms with Gasteiger partial charge in [0.05, 0.1) is 0 Å². The molecule has 0 saturated carbocycles. The highest BCUT2D eigenvalue weighted by atomic mass is 35.5. The third-order valence-electron chi connectivity index (χ3n) is 0.695. The summed E-state index contributed by atoms with van der Waals surface area (Å²) in [5.74, 6) is 0.523. The molecule has 1 rings (SSSR count). The fourth-order valence-corrected chi connectivity index (χ4v) is 0.509. The highest BCUT2D eigenvalue weighted by Gasteiger charge is 1.90. The number of nitrogens with one attached hydrogen (secondary N) is 1. The van der Waals surface area contributed by atoms with Crippen LogP contribution in [0.4, 0.5) is 5.82 Å². The molecule has 42 valence electrons. The van der Waals surface area contributed by atoms with E-state index in [1.807, 2.05) is 0 Å². The Bertz CT molecular complexity index is 193.